The quantitative estimate of drug-likeness (QED) is 0.445. The molecule has 2 aliphatic rings. The normalized spacial score (nSPS) is 27.6. The van der Waals surface area contributed by atoms with Gasteiger partial charge in [0.2, 0.25) is 5.91 Å². The Kier molecular flexibility index (Phi) is 5.70. The van der Waals surface area contributed by atoms with Crippen molar-refractivity contribution < 1.29 is 14.4 Å². The van der Waals surface area contributed by atoms with Crippen molar-refractivity contribution in [2.45, 2.75) is 49.4 Å². The number of rotatable bonds is 8. The van der Waals surface area contributed by atoms with Gasteiger partial charge in [-0.3, -0.25) is 9.59 Å². The van der Waals surface area contributed by atoms with Crippen molar-refractivity contribution >= 4 is 30.0 Å². The van der Waals surface area contributed by atoms with E-state index in [0.29, 0.717) is 18.2 Å². The Balaban J connectivity index is 1.56. The molecule has 0 bridgehead atoms. The van der Waals surface area contributed by atoms with Crippen molar-refractivity contribution in [2.24, 2.45) is 0 Å². The second kappa shape index (κ2) is 7.52. The van der Waals surface area contributed by atoms with Gasteiger partial charge in [-0.1, -0.05) is 6.42 Å². The van der Waals surface area contributed by atoms with E-state index in [9.17, 15) is 14.4 Å². The van der Waals surface area contributed by atoms with Crippen molar-refractivity contribution in [1.82, 2.24) is 16.0 Å². The minimum Gasteiger partial charge on any atom is -0.356 e. The van der Waals surface area contributed by atoms with Gasteiger partial charge in [0.15, 0.2) is 6.29 Å². The van der Waals surface area contributed by atoms with Gasteiger partial charge in [0.05, 0.1) is 12.1 Å². The lowest BCUT2D eigenvalue weighted by molar-refractivity contribution is -0.121. The number of thioether (sulfide) groups is 1. The maximum atomic E-state index is 11.4. The summed E-state index contributed by atoms with van der Waals surface area (Å²) >= 11 is 1.89. The fraction of sp³-hybridized carbons (Fsp3) is 0.769. The second-order valence-corrected chi connectivity index (χ2v) is 6.38. The number of fused-ring (bicyclic) bond motifs is 1. The highest BCUT2D eigenvalue weighted by Crippen LogP contribution is 2.33. The minimum atomic E-state index is -0.0586. The number of unbranched alkanes of at least 4 members (excludes halogenated alkanes) is 1. The van der Waals surface area contributed by atoms with E-state index in [2.05, 4.69) is 16.0 Å². The molecular formula is C13H20N3O3S. The Morgan fingerprint density at radius 1 is 1.40 bits per heavy atom. The van der Waals surface area contributed by atoms with E-state index in [1.165, 1.54) is 0 Å². The SMILES string of the molecule is O=[C]CCNC(=O)CCCC[C@@H]1SC[C@@H]2NC(=O)N[C@@H]21. The number of hydrogen-bond donors (Lipinski definition) is 3. The summed E-state index contributed by atoms with van der Waals surface area (Å²) < 4.78 is 0. The molecule has 0 unspecified atom stereocenters. The van der Waals surface area contributed by atoms with Crippen LogP contribution in [0.4, 0.5) is 4.79 Å². The molecule has 3 atom stereocenters. The molecule has 111 valence electrons. The number of carbonyl (C=O) groups excluding carboxylic acids is 3. The highest BCUT2D eigenvalue weighted by Gasteiger charge is 2.42. The molecule has 0 saturated carbocycles. The van der Waals surface area contributed by atoms with E-state index in [1.54, 1.807) is 6.29 Å². The average molecular weight is 298 g/mol. The van der Waals surface area contributed by atoms with Gasteiger partial charge in [0.25, 0.3) is 0 Å². The lowest BCUT2D eigenvalue weighted by Crippen LogP contribution is -2.36. The van der Waals surface area contributed by atoms with Crippen LogP contribution in [-0.2, 0) is 9.59 Å². The van der Waals surface area contributed by atoms with Crippen molar-refractivity contribution in [3.05, 3.63) is 0 Å². The summed E-state index contributed by atoms with van der Waals surface area (Å²) in [6, 6.07) is 0.446. The van der Waals surface area contributed by atoms with Gasteiger partial charge in [-0.2, -0.15) is 11.8 Å². The maximum absolute atomic E-state index is 11.4. The van der Waals surface area contributed by atoms with E-state index in [-0.39, 0.29) is 30.4 Å². The van der Waals surface area contributed by atoms with Gasteiger partial charge in [0.1, 0.15) is 0 Å². The number of nitrogens with one attached hydrogen (secondary N) is 3. The molecule has 2 aliphatic heterocycles. The van der Waals surface area contributed by atoms with Crippen LogP contribution < -0.4 is 16.0 Å². The van der Waals surface area contributed by atoms with E-state index < -0.39 is 0 Å². The van der Waals surface area contributed by atoms with Crippen LogP contribution >= 0.6 is 11.8 Å². The van der Waals surface area contributed by atoms with Gasteiger partial charge in [-0.05, 0) is 12.8 Å². The van der Waals surface area contributed by atoms with Crippen LogP contribution in [0.15, 0.2) is 0 Å². The van der Waals surface area contributed by atoms with Crippen LogP contribution in [0.1, 0.15) is 32.1 Å². The molecular weight excluding hydrogens is 278 g/mol. The Labute approximate surface area is 122 Å². The Hall–Kier alpha value is -1.24. The van der Waals surface area contributed by atoms with Crippen LogP contribution in [0.5, 0.6) is 0 Å². The van der Waals surface area contributed by atoms with Crippen molar-refractivity contribution in [3.63, 3.8) is 0 Å². The summed E-state index contributed by atoms with van der Waals surface area (Å²) in [5.41, 5.74) is 0. The predicted molar refractivity (Wildman–Crippen MR) is 77.3 cm³/mol. The number of carbonyl (C=O) groups is 2. The van der Waals surface area contributed by atoms with E-state index in [4.69, 9.17) is 0 Å². The van der Waals surface area contributed by atoms with Crippen LogP contribution in [0, 0.1) is 0 Å². The predicted octanol–water partition coefficient (Wildman–Crippen LogP) is 0.328. The molecule has 0 aliphatic carbocycles. The Morgan fingerprint density at radius 3 is 3.05 bits per heavy atom. The summed E-state index contributed by atoms with van der Waals surface area (Å²) in [4.78, 5) is 32.7. The molecule has 1 radical (unpaired) electrons. The first-order chi connectivity index (χ1) is 9.70. The summed E-state index contributed by atoms with van der Waals surface area (Å²) in [7, 11) is 0. The molecule has 0 spiro atoms. The molecule has 2 rings (SSSR count). The van der Waals surface area contributed by atoms with Gasteiger partial charge >= 0.3 is 6.03 Å². The van der Waals surface area contributed by atoms with Crippen molar-refractivity contribution in [2.75, 3.05) is 12.3 Å². The summed E-state index contributed by atoms with van der Waals surface area (Å²) in [5.74, 6) is 0.963. The number of hydrogen-bond acceptors (Lipinski definition) is 4. The topological polar surface area (TPSA) is 87.3 Å². The highest BCUT2D eigenvalue weighted by atomic mass is 32.2. The fourth-order valence-corrected chi connectivity index (χ4v) is 4.16. The second-order valence-electron chi connectivity index (χ2n) is 5.11. The van der Waals surface area contributed by atoms with Crippen molar-refractivity contribution in [1.29, 1.82) is 0 Å². The first-order valence-electron chi connectivity index (χ1n) is 7.01. The molecule has 20 heavy (non-hydrogen) atoms. The smallest absolute Gasteiger partial charge is 0.315 e. The monoisotopic (exact) mass is 298 g/mol. The lowest BCUT2D eigenvalue weighted by atomic mass is 10.0. The number of amides is 3. The maximum Gasteiger partial charge on any atom is 0.315 e. The van der Waals surface area contributed by atoms with Crippen LogP contribution in [0.2, 0.25) is 0 Å². The van der Waals surface area contributed by atoms with Gasteiger partial charge in [-0.15, -0.1) is 0 Å². The largest absolute Gasteiger partial charge is 0.356 e. The van der Waals surface area contributed by atoms with E-state index in [1.807, 2.05) is 11.8 Å². The third-order valence-corrected chi connectivity index (χ3v) is 5.14. The zero-order valence-electron chi connectivity index (χ0n) is 11.3. The summed E-state index contributed by atoms with van der Waals surface area (Å²) in [6.45, 7) is 0.377. The van der Waals surface area contributed by atoms with Crippen LogP contribution in [0.3, 0.4) is 0 Å². The fourth-order valence-electron chi connectivity index (χ4n) is 2.62. The van der Waals surface area contributed by atoms with Gasteiger partial charge in [0, 0.05) is 30.4 Å². The summed E-state index contributed by atoms with van der Waals surface area (Å²) in [6.07, 6.45) is 5.32. The van der Waals surface area contributed by atoms with Crippen LogP contribution in [-0.4, -0.2) is 47.9 Å². The van der Waals surface area contributed by atoms with E-state index in [0.717, 1.165) is 25.0 Å². The molecule has 0 aromatic rings. The molecule has 6 nitrogen and oxygen atoms in total. The number of urea groups is 1. The molecule has 2 fully saturated rings. The van der Waals surface area contributed by atoms with Gasteiger partial charge < -0.3 is 16.0 Å². The molecule has 2 heterocycles. The first kappa shape index (κ1) is 15.2. The molecule has 7 heteroatoms. The first-order valence-corrected chi connectivity index (χ1v) is 8.06. The standard InChI is InChI=1S/C13H20N3O3S/c17-7-3-6-14-11(18)5-2-1-4-10-12-9(8-20-10)15-13(19)16-12/h9-10,12H,1-6,8H2,(H,14,18)(H2,15,16,19)/t9-,10-,12-/m0/s1. The third-order valence-electron chi connectivity index (χ3n) is 3.63. The minimum absolute atomic E-state index is 0.00645. The average Bonchev–Trinajstić information content (AvgIpc) is 2.95. The Bertz CT molecular complexity index is 378. The highest BCUT2D eigenvalue weighted by molar-refractivity contribution is 8.00. The molecule has 0 aromatic carbocycles. The molecule has 3 amide bonds. The van der Waals surface area contributed by atoms with Crippen LogP contribution in [0.25, 0.3) is 0 Å². The lowest BCUT2D eigenvalue weighted by Gasteiger charge is -2.16. The molecule has 3 N–H and O–H groups in total. The molecule has 0 aromatic heterocycles. The van der Waals surface area contributed by atoms with Gasteiger partial charge in [-0.25, -0.2) is 4.79 Å². The zero-order chi connectivity index (χ0) is 14.4. The third kappa shape index (κ3) is 4.13. The summed E-state index contributed by atoms with van der Waals surface area (Å²) in [5, 5.41) is 9.01. The van der Waals surface area contributed by atoms with Crippen molar-refractivity contribution in [3.8, 4) is 0 Å². The zero-order valence-corrected chi connectivity index (χ0v) is 12.1. The Morgan fingerprint density at radius 2 is 2.25 bits per heavy atom. The van der Waals surface area contributed by atoms with E-state index >= 15 is 0 Å². The molecule has 2 saturated heterocycles.